The van der Waals surface area contributed by atoms with Gasteiger partial charge in [-0.05, 0) is 65.1 Å². The summed E-state index contributed by atoms with van der Waals surface area (Å²) >= 11 is 1.46. The third kappa shape index (κ3) is 4.05. The molecular formula is C26H19NO3S. The third-order valence-corrected chi connectivity index (χ3v) is 6.32. The normalized spacial score (nSPS) is 11.6. The topological polar surface area (TPSA) is 59.3 Å². The summed E-state index contributed by atoms with van der Waals surface area (Å²) in [6.07, 6.45) is 2.33. The number of benzene rings is 3. The van der Waals surface area contributed by atoms with Crippen molar-refractivity contribution < 1.29 is 14.0 Å². The number of hydrogen-bond acceptors (Lipinski definition) is 4. The van der Waals surface area contributed by atoms with Gasteiger partial charge in [0.2, 0.25) is 0 Å². The Morgan fingerprint density at radius 1 is 0.871 bits per heavy atom. The molecule has 4 nitrogen and oxygen atoms in total. The second-order valence-electron chi connectivity index (χ2n) is 7.38. The summed E-state index contributed by atoms with van der Waals surface area (Å²) in [7, 11) is 0. The second kappa shape index (κ2) is 8.28. The fourth-order valence-corrected chi connectivity index (χ4v) is 4.66. The van der Waals surface area contributed by atoms with Gasteiger partial charge in [0.05, 0.1) is 12.0 Å². The number of ketones is 1. The average Bonchev–Trinajstić information content (AvgIpc) is 3.45. The molecule has 1 aliphatic carbocycles. The van der Waals surface area contributed by atoms with Crippen LogP contribution in [0.3, 0.4) is 0 Å². The number of rotatable bonds is 6. The fraction of sp³-hybridized carbons (Fsp3) is 0.0769. The van der Waals surface area contributed by atoms with E-state index in [0.717, 1.165) is 16.9 Å². The SMILES string of the molecule is O=C(CSc1cccc(NC(=O)c2ccco2)c1)c1ccc2c(c1)Cc1ccccc1-2. The lowest BCUT2D eigenvalue weighted by Crippen LogP contribution is -2.10. The van der Waals surface area contributed by atoms with Gasteiger partial charge in [0.25, 0.3) is 5.91 Å². The standard InChI is InChI=1S/C26H19NO3S/c28-24(18-10-11-23-19(14-18)13-17-5-1-2-8-22(17)23)16-31-21-7-3-6-20(15-21)27-26(29)25-9-4-12-30-25/h1-12,14-15H,13,16H2,(H,27,29). The molecule has 152 valence electrons. The van der Waals surface area contributed by atoms with Crippen molar-refractivity contribution in [2.75, 3.05) is 11.1 Å². The molecule has 5 rings (SSSR count). The van der Waals surface area contributed by atoms with E-state index in [4.69, 9.17) is 4.42 Å². The summed E-state index contributed by atoms with van der Waals surface area (Å²) < 4.78 is 5.12. The van der Waals surface area contributed by atoms with Gasteiger partial charge >= 0.3 is 0 Å². The van der Waals surface area contributed by atoms with E-state index in [0.29, 0.717) is 11.4 Å². The molecule has 5 heteroatoms. The van der Waals surface area contributed by atoms with E-state index >= 15 is 0 Å². The molecule has 0 aliphatic heterocycles. The maximum atomic E-state index is 12.8. The van der Waals surface area contributed by atoms with Crippen LogP contribution in [0.25, 0.3) is 11.1 Å². The number of thioether (sulfide) groups is 1. The molecule has 0 atom stereocenters. The highest BCUT2D eigenvalue weighted by Crippen LogP contribution is 2.37. The molecule has 0 saturated heterocycles. The van der Waals surface area contributed by atoms with Crippen LogP contribution in [0.2, 0.25) is 0 Å². The van der Waals surface area contributed by atoms with Crippen LogP contribution in [0.5, 0.6) is 0 Å². The molecule has 0 unspecified atom stereocenters. The Morgan fingerprint density at radius 3 is 2.61 bits per heavy atom. The minimum Gasteiger partial charge on any atom is -0.459 e. The van der Waals surface area contributed by atoms with Gasteiger partial charge in [0.1, 0.15) is 0 Å². The molecule has 1 heterocycles. The lowest BCUT2D eigenvalue weighted by Gasteiger charge is -2.07. The summed E-state index contributed by atoms with van der Waals surface area (Å²) in [6, 6.07) is 25.1. The molecule has 1 N–H and O–H groups in total. The van der Waals surface area contributed by atoms with E-state index in [1.807, 2.05) is 36.4 Å². The smallest absolute Gasteiger partial charge is 0.291 e. The number of nitrogens with one attached hydrogen (secondary N) is 1. The van der Waals surface area contributed by atoms with E-state index in [1.165, 1.54) is 40.3 Å². The van der Waals surface area contributed by atoms with Crippen molar-refractivity contribution in [2.24, 2.45) is 0 Å². The first-order chi connectivity index (χ1) is 15.2. The van der Waals surface area contributed by atoms with Gasteiger partial charge in [-0.3, -0.25) is 9.59 Å². The van der Waals surface area contributed by atoms with Gasteiger partial charge in [-0.2, -0.15) is 0 Å². The fourth-order valence-electron chi connectivity index (χ4n) is 3.81. The van der Waals surface area contributed by atoms with Gasteiger partial charge in [-0.1, -0.05) is 42.5 Å². The number of fused-ring (bicyclic) bond motifs is 3. The molecule has 0 spiro atoms. The van der Waals surface area contributed by atoms with E-state index in [9.17, 15) is 9.59 Å². The Labute approximate surface area is 184 Å². The van der Waals surface area contributed by atoms with Gasteiger partial charge < -0.3 is 9.73 Å². The highest BCUT2D eigenvalue weighted by Gasteiger charge is 2.19. The first-order valence-corrected chi connectivity index (χ1v) is 11.0. The summed E-state index contributed by atoms with van der Waals surface area (Å²) in [5, 5.41) is 2.81. The molecule has 0 radical (unpaired) electrons. The van der Waals surface area contributed by atoms with Crippen molar-refractivity contribution in [1.82, 2.24) is 0 Å². The maximum Gasteiger partial charge on any atom is 0.291 e. The van der Waals surface area contributed by atoms with Gasteiger partial charge in [-0.25, -0.2) is 0 Å². The highest BCUT2D eigenvalue weighted by molar-refractivity contribution is 8.00. The van der Waals surface area contributed by atoms with Crippen molar-refractivity contribution in [3.05, 3.63) is 108 Å². The van der Waals surface area contributed by atoms with Crippen molar-refractivity contribution in [2.45, 2.75) is 11.3 Å². The van der Waals surface area contributed by atoms with Crippen LogP contribution in [0.15, 0.2) is 94.4 Å². The minimum atomic E-state index is -0.303. The molecule has 1 aliphatic rings. The Balaban J connectivity index is 1.24. The van der Waals surface area contributed by atoms with Crippen LogP contribution in [0, 0.1) is 0 Å². The van der Waals surface area contributed by atoms with Gasteiger partial charge in [0.15, 0.2) is 11.5 Å². The Kier molecular flexibility index (Phi) is 5.18. The van der Waals surface area contributed by atoms with Crippen molar-refractivity contribution in [1.29, 1.82) is 0 Å². The van der Waals surface area contributed by atoms with Crippen molar-refractivity contribution in [3.63, 3.8) is 0 Å². The van der Waals surface area contributed by atoms with Crippen LogP contribution in [0.4, 0.5) is 5.69 Å². The Bertz CT molecular complexity index is 1280. The largest absolute Gasteiger partial charge is 0.459 e. The van der Waals surface area contributed by atoms with Crippen molar-refractivity contribution >= 4 is 29.1 Å². The number of hydrogen-bond donors (Lipinski definition) is 1. The Morgan fingerprint density at radius 2 is 1.74 bits per heavy atom. The minimum absolute atomic E-state index is 0.0915. The monoisotopic (exact) mass is 425 g/mol. The van der Waals surface area contributed by atoms with E-state index in [2.05, 4.69) is 35.6 Å². The number of carbonyl (C=O) groups excluding carboxylic acids is 2. The zero-order chi connectivity index (χ0) is 21.2. The quantitative estimate of drug-likeness (QED) is 0.265. The number of carbonyl (C=O) groups is 2. The lowest BCUT2D eigenvalue weighted by molar-refractivity contribution is 0.0994. The average molecular weight is 426 g/mol. The molecule has 0 fully saturated rings. The first kappa shape index (κ1) is 19.4. The molecule has 3 aromatic carbocycles. The van der Waals surface area contributed by atoms with E-state index in [1.54, 1.807) is 12.1 Å². The summed E-state index contributed by atoms with van der Waals surface area (Å²) in [5.74, 6) is 0.379. The zero-order valence-corrected chi connectivity index (χ0v) is 17.4. The summed E-state index contributed by atoms with van der Waals surface area (Å²) in [5.41, 5.74) is 6.40. The summed E-state index contributed by atoms with van der Waals surface area (Å²) in [4.78, 5) is 25.9. The van der Waals surface area contributed by atoms with Crippen LogP contribution in [-0.4, -0.2) is 17.4 Å². The summed E-state index contributed by atoms with van der Waals surface area (Å²) in [6.45, 7) is 0. The second-order valence-corrected chi connectivity index (χ2v) is 8.43. The first-order valence-electron chi connectivity index (χ1n) is 9.99. The maximum absolute atomic E-state index is 12.8. The molecule has 0 saturated carbocycles. The van der Waals surface area contributed by atoms with E-state index < -0.39 is 0 Å². The number of furan rings is 1. The molecule has 1 aromatic heterocycles. The number of Topliss-reactive ketones (excluding diaryl/α,β-unsaturated/α-hetero) is 1. The van der Waals surface area contributed by atoms with E-state index in [-0.39, 0.29) is 17.5 Å². The number of amides is 1. The molecular weight excluding hydrogens is 406 g/mol. The third-order valence-electron chi connectivity index (χ3n) is 5.32. The van der Waals surface area contributed by atoms with Crippen LogP contribution >= 0.6 is 11.8 Å². The van der Waals surface area contributed by atoms with Gasteiger partial charge in [0, 0.05) is 16.1 Å². The zero-order valence-electron chi connectivity index (χ0n) is 16.6. The lowest BCUT2D eigenvalue weighted by atomic mass is 10.0. The predicted octanol–water partition coefficient (Wildman–Crippen LogP) is 6.08. The number of anilines is 1. The molecule has 1 amide bonds. The van der Waals surface area contributed by atoms with Gasteiger partial charge in [-0.15, -0.1) is 11.8 Å². The van der Waals surface area contributed by atoms with Crippen molar-refractivity contribution in [3.8, 4) is 11.1 Å². The Hall–Kier alpha value is -3.57. The highest BCUT2D eigenvalue weighted by atomic mass is 32.2. The molecule has 0 bridgehead atoms. The molecule has 4 aromatic rings. The predicted molar refractivity (Wildman–Crippen MR) is 123 cm³/mol. The molecule has 31 heavy (non-hydrogen) atoms. The van der Waals surface area contributed by atoms with Crippen LogP contribution in [-0.2, 0) is 6.42 Å². The van der Waals surface area contributed by atoms with Crippen LogP contribution in [0.1, 0.15) is 32.0 Å². The van der Waals surface area contributed by atoms with Crippen LogP contribution < -0.4 is 5.32 Å².